The van der Waals surface area contributed by atoms with Gasteiger partial charge >= 0.3 is 0 Å². The number of rotatable bonds is 5. The molecule has 0 radical (unpaired) electrons. The second kappa shape index (κ2) is 7.39. The first-order valence-corrected chi connectivity index (χ1v) is 10.0. The zero-order valence-corrected chi connectivity index (χ0v) is 16.1. The zero-order valence-electron chi connectivity index (χ0n) is 14.5. The highest BCUT2D eigenvalue weighted by molar-refractivity contribution is 7.98. The summed E-state index contributed by atoms with van der Waals surface area (Å²) in [6.45, 7) is 2.08. The van der Waals surface area contributed by atoms with Crippen molar-refractivity contribution in [3.05, 3.63) is 65.3 Å². The van der Waals surface area contributed by atoms with Crippen molar-refractivity contribution in [1.29, 1.82) is 0 Å². The third-order valence-electron chi connectivity index (χ3n) is 3.93. The van der Waals surface area contributed by atoms with Crippen LogP contribution in [0, 0.1) is 6.92 Å². The Morgan fingerprint density at radius 1 is 1.08 bits per heavy atom. The van der Waals surface area contributed by atoms with Gasteiger partial charge in [-0.3, -0.25) is 4.98 Å². The summed E-state index contributed by atoms with van der Waals surface area (Å²) in [5, 5.41) is 12.6. The number of thiazole rings is 1. The van der Waals surface area contributed by atoms with Crippen LogP contribution in [0.4, 0.5) is 0 Å². The molecule has 0 aliphatic carbocycles. The third-order valence-corrected chi connectivity index (χ3v) is 5.90. The van der Waals surface area contributed by atoms with E-state index in [9.17, 15) is 0 Å². The van der Waals surface area contributed by atoms with Crippen LogP contribution < -0.4 is 0 Å². The minimum atomic E-state index is 0.753. The molecule has 4 aromatic rings. The van der Waals surface area contributed by atoms with Gasteiger partial charge in [0, 0.05) is 29.9 Å². The average Bonchev–Trinajstić information content (AvgIpc) is 3.29. The molecular formula is C19H17N5S2. The smallest absolute Gasteiger partial charge is 0.191 e. The van der Waals surface area contributed by atoms with Gasteiger partial charge < -0.3 is 4.57 Å². The Morgan fingerprint density at radius 3 is 2.69 bits per heavy atom. The standard InChI is InChI=1S/C19H17N5S2/c1-13-6-8-14(9-7-13)17-22-23-19(24(17)2)26-12-15-11-25-18(21-15)16-5-3-4-10-20-16/h3-11H,12H2,1-2H3. The molecule has 5 nitrogen and oxygen atoms in total. The Kier molecular flexibility index (Phi) is 4.81. The van der Waals surface area contributed by atoms with Gasteiger partial charge in [-0.2, -0.15) is 0 Å². The predicted molar refractivity (Wildman–Crippen MR) is 106 cm³/mol. The van der Waals surface area contributed by atoms with Crippen LogP contribution in [-0.2, 0) is 12.8 Å². The summed E-state index contributed by atoms with van der Waals surface area (Å²) in [5.41, 5.74) is 4.25. The number of pyridine rings is 1. The highest BCUT2D eigenvalue weighted by Gasteiger charge is 2.12. The van der Waals surface area contributed by atoms with E-state index in [0.29, 0.717) is 0 Å². The van der Waals surface area contributed by atoms with E-state index in [4.69, 9.17) is 0 Å². The molecule has 0 bridgehead atoms. The van der Waals surface area contributed by atoms with Crippen LogP contribution in [-0.4, -0.2) is 24.7 Å². The van der Waals surface area contributed by atoms with Crippen molar-refractivity contribution in [2.24, 2.45) is 7.05 Å². The molecule has 26 heavy (non-hydrogen) atoms. The molecular weight excluding hydrogens is 362 g/mol. The molecule has 0 amide bonds. The van der Waals surface area contributed by atoms with Gasteiger partial charge in [0.05, 0.1) is 11.4 Å². The van der Waals surface area contributed by atoms with E-state index in [1.54, 1.807) is 29.3 Å². The maximum absolute atomic E-state index is 4.68. The van der Waals surface area contributed by atoms with Crippen molar-refractivity contribution in [2.75, 3.05) is 0 Å². The molecule has 7 heteroatoms. The number of aromatic nitrogens is 5. The second-order valence-electron chi connectivity index (χ2n) is 5.88. The first-order chi connectivity index (χ1) is 12.7. The lowest BCUT2D eigenvalue weighted by Crippen LogP contribution is -1.95. The zero-order chi connectivity index (χ0) is 17.9. The van der Waals surface area contributed by atoms with E-state index in [1.165, 1.54) is 5.56 Å². The number of aryl methyl sites for hydroxylation is 1. The summed E-state index contributed by atoms with van der Waals surface area (Å²) in [5.74, 6) is 1.63. The molecule has 3 aromatic heterocycles. The van der Waals surface area contributed by atoms with Crippen molar-refractivity contribution in [2.45, 2.75) is 17.8 Å². The van der Waals surface area contributed by atoms with E-state index in [1.807, 2.05) is 29.8 Å². The topological polar surface area (TPSA) is 56.5 Å². The molecule has 3 heterocycles. The molecule has 0 saturated carbocycles. The van der Waals surface area contributed by atoms with Crippen molar-refractivity contribution in [3.63, 3.8) is 0 Å². The van der Waals surface area contributed by atoms with Gasteiger partial charge in [0.25, 0.3) is 0 Å². The molecule has 4 rings (SSSR count). The minimum Gasteiger partial charge on any atom is -0.305 e. The first kappa shape index (κ1) is 16.9. The van der Waals surface area contributed by atoms with Gasteiger partial charge in [-0.05, 0) is 19.1 Å². The fourth-order valence-corrected chi connectivity index (χ4v) is 4.22. The quantitative estimate of drug-likeness (QED) is 0.474. The lowest BCUT2D eigenvalue weighted by molar-refractivity contribution is 0.793. The van der Waals surface area contributed by atoms with Crippen LogP contribution in [0.1, 0.15) is 11.3 Å². The van der Waals surface area contributed by atoms with Gasteiger partial charge in [0.2, 0.25) is 0 Å². The fraction of sp³-hybridized carbons (Fsp3) is 0.158. The normalized spacial score (nSPS) is 11.0. The maximum atomic E-state index is 4.68. The SMILES string of the molecule is Cc1ccc(-c2nnc(SCc3csc(-c4ccccn4)n3)n2C)cc1. The Labute approximate surface area is 160 Å². The number of hydrogen-bond donors (Lipinski definition) is 0. The Morgan fingerprint density at radius 2 is 1.92 bits per heavy atom. The molecule has 0 N–H and O–H groups in total. The van der Waals surface area contributed by atoms with Crippen LogP contribution in [0.25, 0.3) is 22.1 Å². The Bertz CT molecular complexity index is 1010. The van der Waals surface area contributed by atoms with Crippen LogP contribution in [0.2, 0.25) is 0 Å². The van der Waals surface area contributed by atoms with Crippen LogP contribution in [0.5, 0.6) is 0 Å². The van der Waals surface area contributed by atoms with Crippen LogP contribution in [0.15, 0.2) is 59.2 Å². The molecule has 1 aromatic carbocycles. The van der Waals surface area contributed by atoms with Crippen molar-refractivity contribution in [3.8, 4) is 22.1 Å². The largest absolute Gasteiger partial charge is 0.305 e. The van der Waals surface area contributed by atoms with E-state index in [-0.39, 0.29) is 0 Å². The van der Waals surface area contributed by atoms with Gasteiger partial charge in [-0.15, -0.1) is 21.5 Å². The van der Waals surface area contributed by atoms with Gasteiger partial charge in [0.1, 0.15) is 5.01 Å². The second-order valence-corrected chi connectivity index (χ2v) is 7.68. The van der Waals surface area contributed by atoms with E-state index < -0.39 is 0 Å². The summed E-state index contributed by atoms with van der Waals surface area (Å²) in [6.07, 6.45) is 1.79. The summed E-state index contributed by atoms with van der Waals surface area (Å²) in [4.78, 5) is 9.03. The highest BCUT2D eigenvalue weighted by Crippen LogP contribution is 2.28. The first-order valence-electron chi connectivity index (χ1n) is 8.16. The number of hydrogen-bond acceptors (Lipinski definition) is 6. The lowest BCUT2D eigenvalue weighted by Gasteiger charge is -2.03. The van der Waals surface area contributed by atoms with Crippen molar-refractivity contribution < 1.29 is 0 Å². The molecule has 0 aliphatic rings. The van der Waals surface area contributed by atoms with Gasteiger partial charge in [-0.25, -0.2) is 4.98 Å². The van der Waals surface area contributed by atoms with Gasteiger partial charge in [0.15, 0.2) is 11.0 Å². The number of nitrogens with zero attached hydrogens (tertiary/aromatic N) is 5. The van der Waals surface area contributed by atoms with Crippen LogP contribution in [0.3, 0.4) is 0 Å². The molecule has 0 saturated heterocycles. The molecule has 0 atom stereocenters. The summed E-state index contributed by atoms with van der Waals surface area (Å²) in [7, 11) is 2.00. The molecule has 0 spiro atoms. The molecule has 0 fully saturated rings. The molecule has 0 aliphatic heterocycles. The van der Waals surface area contributed by atoms with Crippen molar-refractivity contribution in [1.82, 2.24) is 24.7 Å². The number of thioether (sulfide) groups is 1. The average molecular weight is 380 g/mol. The number of benzene rings is 1. The summed E-state index contributed by atoms with van der Waals surface area (Å²) >= 11 is 3.26. The highest BCUT2D eigenvalue weighted by atomic mass is 32.2. The summed E-state index contributed by atoms with van der Waals surface area (Å²) < 4.78 is 2.03. The van der Waals surface area contributed by atoms with E-state index in [2.05, 4.69) is 56.7 Å². The predicted octanol–water partition coefficient (Wildman–Crippen LogP) is 4.60. The van der Waals surface area contributed by atoms with Crippen molar-refractivity contribution >= 4 is 23.1 Å². The minimum absolute atomic E-state index is 0.753. The fourth-order valence-electron chi connectivity index (χ4n) is 2.51. The third kappa shape index (κ3) is 3.54. The maximum Gasteiger partial charge on any atom is 0.191 e. The monoisotopic (exact) mass is 379 g/mol. The Hall–Kier alpha value is -2.51. The van der Waals surface area contributed by atoms with E-state index in [0.717, 1.165) is 38.7 Å². The molecule has 0 unspecified atom stereocenters. The van der Waals surface area contributed by atoms with Gasteiger partial charge in [-0.1, -0.05) is 47.7 Å². The van der Waals surface area contributed by atoms with Crippen LogP contribution >= 0.6 is 23.1 Å². The van der Waals surface area contributed by atoms with E-state index >= 15 is 0 Å². The Balaban J connectivity index is 1.47. The summed E-state index contributed by atoms with van der Waals surface area (Å²) in [6, 6.07) is 14.2. The lowest BCUT2D eigenvalue weighted by atomic mass is 10.1. The molecule has 130 valence electrons.